The molecule has 1 aliphatic rings. The predicted molar refractivity (Wildman–Crippen MR) is 102 cm³/mol. The number of para-hydroxylation sites is 1. The average molecular weight is 343 g/mol. The molecule has 1 atom stereocenters. The molecule has 128 valence electrons. The van der Waals surface area contributed by atoms with E-state index in [1.165, 1.54) is 24.0 Å². The van der Waals surface area contributed by atoms with E-state index in [1.807, 2.05) is 12.1 Å². The zero-order valence-corrected chi connectivity index (χ0v) is 15.2. The minimum atomic E-state index is 0.222. The molecule has 0 unspecified atom stereocenters. The van der Waals surface area contributed by atoms with Crippen LogP contribution in [0.4, 0.5) is 5.69 Å². The molecule has 2 N–H and O–H groups in total. The van der Waals surface area contributed by atoms with Gasteiger partial charge in [0.25, 0.3) is 0 Å². The summed E-state index contributed by atoms with van der Waals surface area (Å²) in [4.78, 5) is 2.47. The molecule has 1 aromatic heterocycles. The number of hydrogen-bond donors (Lipinski definition) is 2. The monoisotopic (exact) mass is 343 g/mol. The van der Waals surface area contributed by atoms with E-state index >= 15 is 0 Å². The summed E-state index contributed by atoms with van der Waals surface area (Å²) in [5.41, 5.74) is 3.48. The topological polar surface area (TPSA) is 40.4 Å². The Morgan fingerprint density at radius 3 is 2.50 bits per heavy atom. The third-order valence-corrected chi connectivity index (χ3v) is 4.88. The van der Waals surface area contributed by atoms with Gasteiger partial charge >= 0.3 is 0 Å². The van der Waals surface area contributed by atoms with E-state index in [1.54, 1.807) is 6.26 Å². The highest BCUT2D eigenvalue weighted by Crippen LogP contribution is 2.25. The molecule has 4 nitrogen and oxygen atoms in total. The number of nitrogens with one attached hydrogen (secondary N) is 2. The molecule has 24 heavy (non-hydrogen) atoms. The number of likely N-dealkylation sites (tertiary alicyclic amines) is 1. The molecule has 0 amide bonds. The molecule has 0 saturated carbocycles. The molecule has 2 heterocycles. The van der Waals surface area contributed by atoms with Crippen LogP contribution in [0.2, 0.25) is 0 Å². The predicted octanol–water partition coefficient (Wildman–Crippen LogP) is 4.02. The maximum absolute atomic E-state index is 5.65. The van der Waals surface area contributed by atoms with E-state index in [0.717, 1.165) is 31.1 Å². The van der Waals surface area contributed by atoms with Gasteiger partial charge in [0.1, 0.15) is 5.76 Å². The molecular formula is C19H25N3OS. The molecule has 5 heteroatoms. The quantitative estimate of drug-likeness (QED) is 0.803. The zero-order valence-electron chi connectivity index (χ0n) is 14.3. The first-order valence-electron chi connectivity index (χ1n) is 8.53. The summed E-state index contributed by atoms with van der Waals surface area (Å²) in [5, 5.41) is 7.37. The second kappa shape index (κ2) is 7.81. The van der Waals surface area contributed by atoms with Gasteiger partial charge in [-0.25, -0.2) is 0 Å². The molecular weight excluding hydrogens is 318 g/mol. The van der Waals surface area contributed by atoms with Gasteiger partial charge in [-0.3, -0.25) is 4.90 Å². The summed E-state index contributed by atoms with van der Waals surface area (Å²) < 4.78 is 5.65. The summed E-state index contributed by atoms with van der Waals surface area (Å²) in [6.45, 7) is 7.15. The van der Waals surface area contributed by atoms with Gasteiger partial charge in [0, 0.05) is 12.2 Å². The second-order valence-electron chi connectivity index (χ2n) is 6.38. The summed E-state index contributed by atoms with van der Waals surface area (Å²) in [5.74, 6) is 0.999. The Morgan fingerprint density at radius 1 is 1.17 bits per heavy atom. The largest absolute Gasteiger partial charge is 0.468 e. The van der Waals surface area contributed by atoms with Crippen LogP contribution < -0.4 is 10.6 Å². The van der Waals surface area contributed by atoms with Gasteiger partial charge in [-0.15, -0.1) is 0 Å². The van der Waals surface area contributed by atoms with Crippen molar-refractivity contribution in [2.24, 2.45) is 0 Å². The highest BCUT2D eigenvalue weighted by atomic mass is 32.1. The van der Waals surface area contributed by atoms with Crippen LogP contribution in [0.15, 0.2) is 41.0 Å². The fourth-order valence-electron chi connectivity index (χ4n) is 3.30. The lowest BCUT2D eigenvalue weighted by Gasteiger charge is -2.26. The highest BCUT2D eigenvalue weighted by Gasteiger charge is 2.25. The SMILES string of the molecule is Cc1cccc(C)c1NC(=S)NC[C@@H](c1ccco1)N1CCCC1. The molecule has 0 bridgehead atoms. The maximum Gasteiger partial charge on any atom is 0.170 e. The van der Waals surface area contributed by atoms with Crippen molar-refractivity contribution in [3.8, 4) is 0 Å². The van der Waals surface area contributed by atoms with Gasteiger partial charge < -0.3 is 15.1 Å². The van der Waals surface area contributed by atoms with Crippen LogP contribution in [-0.2, 0) is 0 Å². The summed E-state index contributed by atoms with van der Waals surface area (Å²) in [7, 11) is 0. The van der Waals surface area contributed by atoms with Crippen molar-refractivity contribution in [1.29, 1.82) is 0 Å². The number of nitrogens with zero attached hydrogens (tertiary/aromatic N) is 1. The van der Waals surface area contributed by atoms with Crippen LogP contribution in [0.5, 0.6) is 0 Å². The van der Waals surface area contributed by atoms with E-state index in [9.17, 15) is 0 Å². The molecule has 3 rings (SSSR count). The molecule has 0 spiro atoms. The van der Waals surface area contributed by atoms with E-state index in [4.69, 9.17) is 16.6 Å². The molecule has 0 aliphatic carbocycles. The van der Waals surface area contributed by atoms with Crippen LogP contribution in [0.1, 0.15) is 35.8 Å². The van der Waals surface area contributed by atoms with Gasteiger partial charge in [-0.2, -0.15) is 0 Å². The Kier molecular flexibility index (Phi) is 5.53. The second-order valence-corrected chi connectivity index (χ2v) is 6.78. The van der Waals surface area contributed by atoms with Gasteiger partial charge in [-0.1, -0.05) is 18.2 Å². The van der Waals surface area contributed by atoms with E-state index in [2.05, 4.69) is 47.6 Å². The van der Waals surface area contributed by atoms with Crippen molar-refractivity contribution < 1.29 is 4.42 Å². The first kappa shape index (κ1) is 17.0. The van der Waals surface area contributed by atoms with Crippen molar-refractivity contribution in [2.75, 3.05) is 25.0 Å². The molecule has 2 aromatic rings. The van der Waals surface area contributed by atoms with Crippen LogP contribution in [-0.4, -0.2) is 29.6 Å². The van der Waals surface area contributed by atoms with Gasteiger partial charge in [-0.05, 0) is 75.3 Å². The molecule has 0 radical (unpaired) electrons. The number of thiocarbonyl (C=S) groups is 1. The summed E-state index contributed by atoms with van der Waals surface area (Å²) >= 11 is 5.51. The Balaban J connectivity index is 1.63. The standard InChI is InChI=1S/C19H25N3OS/c1-14-7-5-8-15(2)18(14)21-19(24)20-13-16(17-9-6-12-23-17)22-10-3-4-11-22/h5-9,12,16H,3-4,10-11,13H2,1-2H3,(H2,20,21,24)/t16-/m0/s1. The van der Waals surface area contributed by atoms with Crippen molar-refractivity contribution in [3.63, 3.8) is 0 Å². The number of anilines is 1. The van der Waals surface area contributed by atoms with E-state index in [-0.39, 0.29) is 6.04 Å². The Labute approximate surface area is 149 Å². The lowest BCUT2D eigenvalue weighted by atomic mass is 10.1. The molecule has 1 saturated heterocycles. The highest BCUT2D eigenvalue weighted by molar-refractivity contribution is 7.80. The van der Waals surface area contributed by atoms with Gasteiger partial charge in [0.05, 0.1) is 12.3 Å². The average Bonchev–Trinajstić information content (AvgIpc) is 3.25. The minimum absolute atomic E-state index is 0.222. The first-order chi connectivity index (χ1) is 11.6. The first-order valence-corrected chi connectivity index (χ1v) is 8.94. The third kappa shape index (κ3) is 3.97. The summed E-state index contributed by atoms with van der Waals surface area (Å²) in [6, 6.07) is 10.5. The summed E-state index contributed by atoms with van der Waals surface area (Å²) in [6.07, 6.45) is 4.25. The molecule has 1 fully saturated rings. The third-order valence-electron chi connectivity index (χ3n) is 4.63. The van der Waals surface area contributed by atoms with Crippen molar-refractivity contribution >= 4 is 23.0 Å². The maximum atomic E-state index is 5.65. The van der Waals surface area contributed by atoms with Crippen LogP contribution in [0, 0.1) is 13.8 Å². The van der Waals surface area contributed by atoms with Crippen LogP contribution >= 0.6 is 12.2 Å². The lowest BCUT2D eigenvalue weighted by molar-refractivity contribution is 0.216. The minimum Gasteiger partial charge on any atom is -0.468 e. The van der Waals surface area contributed by atoms with Gasteiger partial charge in [0.15, 0.2) is 5.11 Å². The van der Waals surface area contributed by atoms with Crippen molar-refractivity contribution in [1.82, 2.24) is 10.2 Å². The Hall–Kier alpha value is -1.85. The Morgan fingerprint density at radius 2 is 1.88 bits per heavy atom. The smallest absolute Gasteiger partial charge is 0.170 e. The molecule has 1 aromatic carbocycles. The van der Waals surface area contributed by atoms with E-state index in [0.29, 0.717) is 5.11 Å². The number of hydrogen-bond acceptors (Lipinski definition) is 3. The van der Waals surface area contributed by atoms with Crippen LogP contribution in [0.3, 0.4) is 0 Å². The number of benzene rings is 1. The fourth-order valence-corrected chi connectivity index (χ4v) is 3.49. The fraction of sp³-hybridized carbons (Fsp3) is 0.421. The number of rotatable bonds is 5. The normalized spacial score (nSPS) is 16.1. The number of aryl methyl sites for hydroxylation is 2. The van der Waals surface area contributed by atoms with Crippen molar-refractivity contribution in [2.45, 2.75) is 32.7 Å². The Bertz CT molecular complexity index is 658. The molecule has 1 aliphatic heterocycles. The lowest BCUT2D eigenvalue weighted by Crippen LogP contribution is -2.38. The number of furan rings is 1. The van der Waals surface area contributed by atoms with E-state index < -0.39 is 0 Å². The van der Waals surface area contributed by atoms with Crippen LogP contribution in [0.25, 0.3) is 0 Å². The van der Waals surface area contributed by atoms with Gasteiger partial charge in [0.2, 0.25) is 0 Å². The van der Waals surface area contributed by atoms with Crippen molar-refractivity contribution in [3.05, 3.63) is 53.5 Å². The zero-order chi connectivity index (χ0) is 16.9.